The average Bonchev–Trinajstić information content (AvgIpc) is 3.62. The number of likely N-dealkylation sites (N-methyl/N-ethyl adjacent to an activating group) is 1. The molecule has 4 atom stereocenters. The number of ether oxygens (including phenoxy) is 1. The summed E-state index contributed by atoms with van der Waals surface area (Å²) in [5, 5.41) is 2.95. The van der Waals surface area contributed by atoms with Gasteiger partial charge < -0.3 is 24.8 Å². The van der Waals surface area contributed by atoms with E-state index in [1.807, 2.05) is 12.1 Å². The summed E-state index contributed by atoms with van der Waals surface area (Å²) in [6.07, 6.45) is 1.35. The molecule has 4 aliphatic rings. The highest BCUT2D eigenvalue weighted by atomic mass is 19.1. The van der Waals surface area contributed by atoms with Gasteiger partial charge in [0.15, 0.2) is 5.78 Å². The number of likely N-dealkylation sites (tertiary alicyclic amines) is 1. The normalized spacial score (nSPS) is 28.4. The Morgan fingerprint density at radius 3 is 2.46 bits per heavy atom. The van der Waals surface area contributed by atoms with Crippen LogP contribution in [-0.4, -0.2) is 97.6 Å². The molecular weight excluding hydrogens is 451 g/mol. The quantitative estimate of drug-likeness (QED) is 0.658. The number of amides is 2. The number of piperazine rings is 1. The first-order chi connectivity index (χ1) is 17.0. The third-order valence-electron chi connectivity index (χ3n) is 8.14. The Kier molecular flexibility index (Phi) is 7.07. The fourth-order valence-corrected chi connectivity index (χ4v) is 6.04. The molecule has 190 valence electrons. The van der Waals surface area contributed by atoms with Crippen molar-refractivity contribution in [3.05, 3.63) is 29.8 Å². The first-order valence-corrected chi connectivity index (χ1v) is 12.9. The third kappa shape index (κ3) is 4.80. The van der Waals surface area contributed by atoms with Crippen molar-refractivity contribution in [2.75, 3.05) is 50.8 Å². The molecule has 8 nitrogen and oxygen atoms in total. The lowest BCUT2D eigenvalue weighted by Gasteiger charge is -2.35. The molecule has 35 heavy (non-hydrogen) atoms. The van der Waals surface area contributed by atoms with Crippen LogP contribution in [0.4, 0.5) is 10.1 Å². The minimum absolute atomic E-state index is 0.0184. The van der Waals surface area contributed by atoms with Gasteiger partial charge in [-0.3, -0.25) is 14.4 Å². The van der Waals surface area contributed by atoms with E-state index in [9.17, 15) is 18.8 Å². The van der Waals surface area contributed by atoms with Crippen LogP contribution in [0.15, 0.2) is 24.3 Å². The highest BCUT2D eigenvalue weighted by Gasteiger charge is 2.54. The molecule has 0 unspecified atom stereocenters. The number of alkyl halides is 1. The summed E-state index contributed by atoms with van der Waals surface area (Å²) in [5.74, 6) is -0.978. The topological polar surface area (TPSA) is 82.2 Å². The fraction of sp³-hybridized carbons (Fsp3) is 0.654. The third-order valence-corrected chi connectivity index (χ3v) is 8.14. The molecule has 9 heteroatoms. The molecule has 4 fully saturated rings. The van der Waals surface area contributed by atoms with Gasteiger partial charge >= 0.3 is 0 Å². The van der Waals surface area contributed by atoms with Crippen LogP contribution in [0.1, 0.15) is 43.0 Å². The van der Waals surface area contributed by atoms with Crippen LogP contribution in [0.25, 0.3) is 0 Å². The number of rotatable bonds is 6. The van der Waals surface area contributed by atoms with Gasteiger partial charge in [-0.05, 0) is 49.6 Å². The highest BCUT2D eigenvalue weighted by molar-refractivity contribution is 5.99. The molecule has 3 saturated heterocycles. The van der Waals surface area contributed by atoms with E-state index in [0.717, 1.165) is 64.1 Å². The van der Waals surface area contributed by atoms with Crippen LogP contribution in [0, 0.1) is 5.92 Å². The number of hydrogen-bond donors (Lipinski definition) is 1. The zero-order valence-electron chi connectivity index (χ0n) is 20.3. The first-order valence-electron chi connectivity index (χ1n) is 12.9. The van der Waals surface area contributed by atoms with Gasteiger partial charge in [0.1, 0.15) is 31.0 Å². The van der Waals surface area contributed by atoms with Crippen LogP contribution in [0.5, 0.6) is 0 Å². The standard InChI is InChI=1S/C26H35FN4O4/c1-2-29-11-13-30(14-12-29)19-9-7-18(8-10-19)25(33)28-22(17-5-3-4-6-17)26(34)31-15-20(27)24-23(31)21(32)16-35-24/h7-10,17,20,22-24H,2-6,11-16H2,1H3,(H,28,33)/t20-,22-,23+,24+/m0/s1. The monoisotopic (exact) mass is 486 g/mol. The summed E-state index contributed by atoms with van der Waals surface area (Å²) >= 11 is 0. The van der Waals surface area contributed by atoms with Crippen LogP contribution in [0.2, 0.25) is 0 Å². The van der Waals surface area contributed by atoms with Crippen molar-refractivity contribution in [3.63, 3.8) is 0 Å². The van der Waals surface area contributed by atoms with Crippen LogP contribution < -0.4 is 10.2 Å². The summed E-state index contributed by atoms with van der Waals surface area (Å²) in [4.78, 5) is 45.1. The minimum Gasteiger partial charge on any atom is -0.369 e. The van der Waals surface area contributed by atoms with Gasteiger partial charge in [0.25, 0.3) is 5.91 Å². The van der Waals surface area contributed by atoms with Crippen molar-refractivity contribution in [2.24, 2.45) is 5.92 Å². The summed E-state index contributed by atoms with van der Waals surface area (Å²) in [7, 11) is 0. The number of ketones is 1. The van der Waals surface area contributed by atoms with Crippen molar-refractivity contribution >= 4 is 23.3 Å². The van der Waals surface area contributed by atoms with Crippen molar-refractivity contribution < 1.29 is 23.5 Å². The number of anilines is 1. The van der Waals surface area contributed by atoms with Crippen molar-refractivity contribution in [3.8, 4) is 0 Å². The van der Waals surface area contributed by atoms with E-state index in [-0.39, 0.29) is 36.7 Å². The maximum Gasteiger partial charge on any atom is 0.251 e. The lowest BCUT2D eigenvalue weighted by atomic mass is 9.95. The van der Waals surface area contributed by atoms with Crippen LogP contribution in [0.3, 0.4) is 0 Å². The van der Waals surface area contributed by atoms with Gasteiger partial charge in [0, 0.05) is 37.4 Å². The van der Waals surface area contributed by atoms with Gasteiger partial charge in [-0.1, -0.05) is 19.8 Å². The van der Waals surface area contributed by atoms with Gasteiger partial charge in [0.05, 0.1) is 6.54 Å². The highest BCUT2D eigenvalue weighted by Crippen LogP contribution is 2.34. The Morgan fingerprint density at radius 2 is 1.80 bits per heavy atom. The molecule has 0 radical (unpaired) electrons. The van der Waals surface area contributed by atoms with Crippen molar-refractivity contribution in [1.82, 2.24) is 15.1 Å². The Hall–Kier alpha value is -2.52. The summed E-state index contributed by atoms with van der Waals surface area (Å²) in [6, 6.07) is 5.85. The molecule has 1 aromatic rings. The SMILES string of the molecule is CCN1CCN(c2ccc(C(=O)N[C@H](C(=O)N3C[C@H](F)[C@H]4OCC(=O)[C@H]43)C3CCCC3)cc2)CC1. The molecule has 1 aliphatic carbocycles. The lowest BCUT2D eigenvalue weighted by Crippen LogP contribution is -2.54. The number of carbonyl (C=O) groups is 3. The molecule has 0 aromatic heterocycles. The molecule has 2 amide bonds. The Balaban J connectivity index is 1.28. The van der Waals surface area contributed by atoms with E-state index in [0.29, 0.717) is 5.56 Å². The van der Waals surface area contributed by atoms with Crippen molar-refractivity contribution in [1.29, 1.82) is 0 Å². The predicted octanol–water partition coefficient (Wildman–Crippen LogP) is 1.63. The van der Waals surface area contributed by atoms with E-state index in [2.05, 4.69) is 22.0 Å². The number of carbonyl (C=O) groups excluding carboxylic acids is 3. The van der Waals surface area contributed by atoms with E-state index < -0.39 is 24.4 Å². The second kappa shape index (κ2) is 10.2. The molecule has 1 N–H and O–H groups in total. The van der Waals surface area contributed by atoms with Gasteiger partial charge in [0.2, 0.25) is 5.91 Å². The number of fused-ring (bicyclic) bond motifs is 1. The smallest absolute Gasteiger partial charge is 0.251 e. The second-order valence-electron chi connectivity index (χ2n) is 10.2. The maximum atomic E-state index is 14.5. The molecule has 3 aliphatic heterocycles. The van der Waals surface area contributed by atoms with Crippen LogP contribution >= 0.6 is 0 Å². The molecule has 1 aromatic carbocycles. The zero-order valence-corrected chi connectivity index (χ0v) is 20.3. The Bertz CT molecular complexity index is 943. The largest absolute Gasteiger partial charge is 0.369 e. The number of nitrogens with zero attached hydrogens (tertiary/aromatic N) is 3. The molecule has 0 spiro atoms. The van der Waals surface area contributed by atoms with E-state index in [1.165, 1.54) is 4.90 Å². The van der Waals surface area contributed by atoms with E-state index in [1.54, 1.807) is 12.1 Å². The summed E-state index contributed by atoms with van der Waals surface area (Å²) in [6.45, 7) is 6.84. The van der Waals surface area contributed by atoms with E-state index >= 15 is 0 Å². The zero-order chi connectivity index (χ0) is 24.5. The number of nitrogens with one attached hydrogen (secondary N) is 1. The fourth-order valence-electron chi connectivity index (χ4n) is 6.04. The molecule has 3 heterocycles. The summed E-state index contributed by atoms with van der Waals surface area (Å²) in [5.41, 5.74) is 1.57. The predicted molar refractivity (Wildman–Crippen MR) is 129 cm³/mol. The number of Topliss-reactive ketones (excluding diaryl/α,β-unsaturated/α-hetero) is 1. The average molecular weight is 487 g/mol. The molecule has 0 bridgehead atoms. The van der Waals surface area contributed by atoms with Crippen LogP contribution in [-0.2, 0) is 14.3 Å². The molecular formula is C26H35FN4O4. The van der Waals surface area contributed by atoms with Gasteiger partial charge in [-0.25, -0.2) is 4.39 Å². The van der Waals surface area contributed by atoms with Gasteiger partial charge in [-0.15, -0.1) is 0 Å². The second-order valence-corrected chi connectivity index (χ2v) is 10.2. The maximum absolute atomic E-state index is 14.5. The number of benzene rings is 1. The van der Waals surface area contributed by atoms with Gasteiger partial charge in [-0.2, -0.15) is 0 Å². The number of hydrogen-bond acceptors (Lipinski definition) is 6. The van der Waals surface area contributed by atoms with Crippen molar-refractivity contribution in [2.45, 2.75) is 57.0 Å². The number of halogens is 1. The molecule has 1 saturated carbocycles. The van der Waals surface area contributed by atoms with E-state index in [4.69, 9.17) is 4.74 Å². The molecule has 5 rings (SSSR count). The minimum atomic E-state index is -1.39. The Labute approximate surface area is 205 Å². The summed E-state index contributed by atoms with van der Waals surface area (Å²) < 4.78 is 19.8. The lowest BCUT2D eigenvalue weighted by molar-refractivity contribution is -0.139. The first kappa shape index (κ1) is 24.2. The Morgan fingerprint density at radius 1 is 1.11 bits per heavy atom.